The van der Waals surface area contributed by atoms with E-state index in [1.807, 2.05) is 48.0 Å². The van der Waals surface area contributed by atoms with Gasteiger partial charge in [0.05, 0.1) is 39.4 Å². The number of fused-ring (bicyclic) bond motifs is 13. The van der Waals surface area contributed by atoms with Gasteiger partial charge < -0.3 is 28.9 Å². The molecule has 2 bridgehead atoms. The van der Waals surface area contributed by atoms with E-state index >= 15 is 0 Å². The SMILES string of the molecule is CC(=O)c1cccn1C1CC2OC(C)(C1O)n1c3ccccc3c3c4c(c5c6ccccc6n2c5c31)C(=O)NC4. The number of para-hydroxylation sites is 2. The number of hydrogen-bond acceptors (Lipinski definition) is 4. The predicted octanol–water partition coefficient (Wildman–Crippen LogP) is 5.36. The molecule has 0 radical (unpaired) electrons. The van der Waals surface area contributed by atoms with Crippen LogP contribution < -0.4 is 5.32 Å². The van der Waals surface area contributed by atoms with Crippen LogP contribution in [0.1, 0.15) is 58.9 Å². The summed E-state index contributed by atoms with van der Waals surface area (Å²) < 4.78 is 13.3. The second-order valence-corrected chi connectivity index (χ2v) is 11.5. The molecule has 3 aliphatic rings. The summed E-state index contributed by atoms with van der Waals surface area (Å²) in [5, 5.41) is 19.3. The van der Waals surface area contributed by atoms with E-state index < -0.39 is 24.1 Å². The lowest BCUT2D eigenvalue weighted by atomic mass is 9.92. The Bertz CT molecular complexity index is 2130. The topological polar surface area (TPSA) is 90.4 Å². The Morgan fingerprint density at radius 3 is 2.50 bits per heavy atom. The number of carbonyl (C=O) groups is 2. The van der Waals surface area contributed by atoms with Gasteiger partial charge in [-0.15, -0.1) is 0 Å². The van der Waals surface area contributed by atoms with Crippen molar-refractivity contribution in [3.8, 4) is 0 Å². The van der Waals surface area contributed by atoms with Gasteiger partial charge in [0.1, 0.15) is 12.3 Å². The van der Waals surface area contributed by atoms with Crippen molar-refractivity contribution >= 4 is 55.3 Å². The number of Topliss-reactive ketones (excluding diaryl/α,β-unsaturated/α-hetero) is 1. The van der Waals surface area contributed by atoms with Crippen LogP contribution in [0.4, 0.5) is 0 Å². The summed E-state index contributed by atoms with van der Waals surface area (Å²) in [6.07, 6.45) is 0.913. The molecule has 0 saturated carbocycles. The number of aliphatic hydroxyl groups excluding tert-OH is 1. The molecule has 2 N–H and O–H groups in total. The second kappa shape index (κ2) is 7.21. The Morgan fingerprint density at radius 2 is 1.73 bits per heavy atom. The predicted molar refractivity (Wildman–Crippen MR) is 151 cm³/mol. The molecule has 40 heavy (non-hydrogen) atoms. The van der Waals surface area contributed by atoms with Crippen LogP contribution in [0.2, 0.25) is 0 Å². The van der Waals surface area contributed by atoms with Crippen LogP contribution in [0.25, 0.3) is 43.6 Å². The number of nitrogens with zero attached hydrogens (tertiary/aromatic N) is 3. The minimum Gasteiger partial charge on any atom is -0.386 e. The molecule has 0 spiro atoms. The standard InChI is InChI=1S/C32H26N4O4/c1-16(37)20-12-7-13-34(20)23-14-24-35-21-10-5-3-8-17(21)26-27-19(15-33-31(27)39)25-18-9-4-6-11-22(18)36(29(25)28(26)35)32(2,40-24)30(23)38/h3-13,23-24,30,38H,14-15H2,1-2H3,(H,33,39). The van der Waals surface area contributed by atoms with E-state index in [2.05, 4.69) is 38.7 Å². The van der Waals surface area contributed by atoms with Gasteiger partial charge in [-0.1, -0.05) is 36.4 Å². The molecule has 198 valence electrons. The number of benzene rings is 3. The van der Waals surface area contributed by atoms with Gasteiger partial charge >= 0.3 is 0 Å². The molecule has 1 fully saturated rings. The summed E-state index contributed by atoms with van der Waals surface area (Å²) in [5.41, 5.74) is 4.94. The van der Waals surface area contributed by atoms with E-state index in [9.17, 15) is 14.7 Å². The third-order valence-corrected chi connectivity index (χ3v) is 9.48. The van der Waals surface area contributed by atoms with E-state index in [4.69, 9.17) is 4.74 Å². The highest BCUT2D eigenvalue weighted by atomic mass is 16.6. The fourth-order valence-corrected chi connectivity index (χ4v) is 7.92. The molecule has 3 aliphatic heterocycles. The lowest BCUT2D eigenvalue weighted by Crippen LogP contribution is -2.53. The quantitative estimate of drug-likeness (QED) is 0.295. The highest BCUT2D eigenvalue weighted by molar-refractivity contribution is 6.31. The first-order chi connectivity index (χ1) is 19.4. The highest BCUT2D eigenvalue weighted by Gasteiger charge is 2.53. The maximum absolute atomic E-state index is 13.4. The van der Waals surface area contributed by atoms with Crippen molar-refractivity contribution in [2.24, 2.45) is 0 Å². The van der Waals surface area contributed by atoms with Crippen molar-refractivity contribution in [3.63, 3.8) is 0 Å². The molecule has 9 rings (SSSR count). The van der Waals surface area contributed by atoms with Gasteiger partial charge in [0, 0.05) is 47.6 Å². The molecular weight excluding hydrogens is 504 g/mol. The highest BCUT2D eigenvalue weighted by Crippen LogP contribution is 2.55. The summed E-state index contributed by atoms with van der Waals surface area (Å²) in [7, 11) is 0. The number of ketones is 1. The minimum atomic E-state index is -1.16. The summed E-state index contributed by atoms with van der Waals surface area (Å²) in [4.78, 5) is 26.0. The van der Waals surface area contributed by atoms with Crippen molar-refractivity contribution in [2.45, 2.75) is 50.9 Å². The number of aromatic nitrogens is 3. The fraction of sp³-hybridized carbons (Fsp3) is 0.250. The van der Waals surface area contributed by atoms with E-state index in [-0.39, 0.29) is 11.7 Å². The maximum atomic E-state index is 13.4. The smallest absolute Gasteiger partial charge is 0.252 e. The Balaban J connectivity index is 1.51. The Kier molecular flexibility index (Phi) is 4.04. The number of hydrogen-bond donors (Lipinski definition) is 2. The number of rotatable bonds is 2. The lowest BCUT2D eigenvalue weighted by Gasteiger charge is -2.47. The molecule has 3 aromatic heterocycles. The van der Waals surface area contributed by atoms with Crippen LogP contribution in [0.15, 0.2) is 66.9 Å². The first-order valence-electron chi connectivity index (χ1n) is 13.7. The third kappa shape index (κ3) is 2.41. The van der Waals surface area contributed by atoms with Crippen molar-refractivity contribution in [1.29, 1.82) is 0 Å². The Hall–Kier alpha value is -4.40. The van der Waals surface area contributed by atoms with Crippen LogP contribution in [0, 0.1) is 0 Å². The van der Waals surface area contributed by atoms with Crippen molar-refractivity contribution in [1.82, 2.24) is 19.0 Å². The molecule has 8 nitrogen and oxygen atoms in total. The summed E-state index contributed by atoms with van der Waals surface area (Å²) in [6, 6.07) is 19.6. The second-order valence-electron chi connectivity index (χ2n) is 11.5. The average Bonchev–Trinajstić information content (AvgIpc) is 3.71. The molecular formula is C32H26N4O4. The summed E-state index contributed by atoms with van der Waals surface area (Å²) in [6.45, 7) is 3.96. The van der Waals surface area contributed by atoms with Gasteiger partial charge in [-0.2, -0.15) is 0 Å². The first-order valence-corrected chi connectivity index (χ1v) is 13.7. The molecule has 6 heterocycles. The zero-order valence-corrected chi connectivity index (χ0v) is 22.0. The number of nitrogens with one attached hydrogen (secondary N) is 1. The van der Waals surface area contributed by atoms with Gasteiger partial charge in [0.25, 0.3) is 5.91 Å². The molecule has 3 aromatic carbocycles. The van der Waals surface area contributed by atoms with E-state index in [0.717, 1.165) is 54.7 Å². The average molecular weight is 531 g/mol. The largest absolute Gasteiger partial charge is 0.386 e. The Labute approximate surface area is 228 Å². The fourth-order valence-electron chi connectivity index (χ4n) is 7.92. The Morgan fingerprint density at radius 1 is 1.00 bits per heavy atom. The van der Waals surface area contributed by atoms with Crippen molar-refractivity contribution in [3.05, 3.63) is 83.7 Å². The zero-order valence-electron chi connectivity index (χ0n) is 22.0. The maximum Gasteiger partial charge on any atom is 0.252 e. The third-order valence-electron chi connectivity index (χ3n) is 9.48. The van der Waals surface area contributed by atoms with E-state index in [1.54, 1.807) is 13.0 Å². The van der Waals surface area contributed by atoms with Crippen LogP contribution >= 0.6 is 0 Å². The molecule has 0 aliphatic carbocycles. The monoisotopic (exact) mass is 530 g/mol. The van der Waals surface area contributed by atoms with Gasteiger partial charge in [-0.05, 0) is 36.8 Å². The molecule has 4 unspecified atom stereocenters. The van der Waals surface area contributed by atoms with Crippen LogP contribution in [-0.4, -0.2) is 36.6 Å². The molecule has 1 amide bonds. The van der Waals surface area contributed by atoms with E-state index in [1.165, 1.54) is 0 Å². The zero-order chi connectivity index (χ0) is 27.1. The van der Waals surface area contributed by atoms with Crippen LogP contribution in [0.5, 0.6) is 0 Å². The summed E-state index contributed by atoms with van der Waals surface area (Å²) in [5.74, 6) is -0.113. The van der Waals surface area contributed by atoms with Gasteiger partial charge in [-0.25, -0.2) is 0 Å². The normalized spacial score (nSPS) is 25.3. The number of carbonyl (C=O) groups excluding carboxylic acids is 2. The van der Waals surface area contributed by atoms with Gasteiger partial charge in [0.15, 0.2) is 11.5 Å². The number of aliphatic hydroxyl groups is 1. The molecule has 6 aromatic rings. The van der Waals surface area contributed by atoms with Gasteiger partial charge in [-0.3, -0.25) is 9.59 Å². The molecule has 4 atom stereocenters. The van der Waals surface area contributed by atoms with E-state index in [0.29, 0.717) is 18.7 Å². The lowest BCUT2D eigenvalue weighted by molar-refractivity contribution is -0.256. The molecule has 8 heteroatoms. The van der Waals surface area contributed by atoms with Crippen molar-refractivity contribution < 1.29 is 19.4 Å². The van der Waals surface area contributed by atoms with Crippen LogP contribution in [-0.2, 0) is 17.0 Å². The minimum absolute atomic E-state index is 0.0508. The number of ether oxygens (including phenoxy) is 1. The van der Waals surface area contributed by atoms with Crippen LogP contribution in [0.3, 0.4) is 0 Å². The molecule has 1 saturated heterocycles. The van der Waals surface area contributed by atoms with Gasteiger partial charge in [0.2, 0.25) is 0 Å². The first kappa shape index (κ1) is 22.4. The summed E-state index contributed by atoms with van der Waals surface area (Å²) >= 11 is 0. The van der Waals surface area contributed by atoms with Crippen molar-refractivity contribution in [2.75, 3.05) is 0 Å². The number of amides is 1.